The first-order valence-corrected chi connectivity index (χ1v) is 7.50. The predicted molar refractivity (Wildman–Crippen MR) is 79.9 cm³/mol. The third kappa shape index (κ3) is 3.43. The van der Waals surface area contributed by atoms with Crippen LogP contribution in [0.25, 0.3) is 0 Å². The number of rotatable bonds is 2. The van der Waals surface area contributed by atoms with Crippen LogP contribution in [-0.2, 0) is 0 Å². The van der Waals surface area contributed by atoms with Crippen molar-refractivity contribution in [2.45, 2.75) is 39.2 Å². The van der Waals surface area contributed by atoms with Gasteiger partial charge >= 0.3 is 0 Å². The zero-order chi connectivity index (χ0) is 14.0. The Bertz CT molecular complexity index is 475. The minimum atomic E-state index is -0.104. The molecule has 0 aromatic heterocycles. The van der Waals surface area contributed by atoms with Crippen LogP contribution in [-0.4, -0.2) is 11.9 Å². The summed E-state index contributed by atoms with van der Waals surface area (Å²) in [7, 11) is 0. The molecule has 1 aromatic rings. The van der Waals surface area contributed by atoms with E-state index in [1.165, 1.54) is 12.8 Å². The van der Waals surface area contributed by atoms with E-state index in [9.17, 15) is 4.79 Å². The second-order valence-corrected chi connectivity index (χ2v) is 6.32. The van der Waals surface area contributed by atoms with E-state index < -0.39 is 0 Å². The molecule has 3 atom stereocenters. The van der Waals surface area contributed by atoms with Crippen molar-refractivity contribution in [1.82, 2.24) is 5.32 Å². The lowest BCUT2D eigenvalue weighted by Gasteiger charge is -2.34. The van der Waals surface area contributed by atoms with E-state index in [0.717, 1.165) is 6.42 Å². The minimum absolute atomic E-state index is 0.104. The lowest BCUT2D eigenvalue weighted by atomic mass is 9.78. The van der Waals surface area contributed by atoms with Gasteiger partial charge in [-0.2, -0.15) is 0 Å². The third-order valence-electron chi connectivity index (χ3n) is 4.20. The molecule has 19 heavy (non-hydrogen) atoms. The number of amides is 1. The lowest BCUT2D eigenvalue weighted by Crippen LogP contribution is -2.43. The first-order chi connectivity index (χ1) is 8.99. The summed E-state index contributed by atoms with van der Waals surface area (Å²) in [6.45, 7) is 4.45. The first kappa shape index (κ1) is 14.7. The van der Waals surface area contributed by atoms with E-state index in [1.807, 2.05) is 0 Å². The molecular weight excluding hydrogens is 281 g/mol. The van der Waals surface area contributed by atoms with Crippen LogP contribution in [0, 0.1) is 11.8 Å². The second-order valence-electron chi connectivity index (χ2n) is 5.47. The van der Waals surface area contributed by atoms with Gasteiger partial charge < -0.3 is 5.32 Å². The number of carbonyl (C=O) groups excluding carboxylic acids is 1. The van der Waals surface area contributed by atoms with Gasteiger partial charge in [0.1, 0.15) is 0 Å². The lowest BCUT2D eigenvalue weighted by molar-refractivity contribution is 0.0891. The van der Waals surface area contributed by atoms with E-state index in [0.29, 0.717) is 27.4 Å². The Morgan fingerprint density at radius 1 is 1.26 bits per heavy atom. The molecule has 2 nitrogen and oxygen atoms in total. The molecule has 0 unspecified atom stereocenters. The fourth-order valence-corrected chi connectivity index (χ4v) is 3.20. The molecule has 1 N–H and O–H groups in total. The molecule has 1 saturated carbocycles. The van der Waals surface area contributed by atoms with Gasteiger partial charge in [0.15, 0.2) is 0 Å². The van der Waals surface area contributed by atoms with Gasteiger partial charge in [-0.05, 0) is 36.5 Å². The molecule has 1 aliphatic rings. The zero-order valence-corrected chi connectivity index (χ0v) is 12.8. The summed E-state index contributed by atoms with van der Waals surface area (Å²) in [5, 5.41) is 4.06. The van der Waals surface area contributed by atoms with Crippen molar-refractivity contribution in [3.63, 3.8) is 0 Å². The molecule has 4 heteroatoms. The quantitative estimate of drug-likeness (QED) is 0.853. The van der Waals surface area contributed by atoms with Gasteiger partial charge in [-0.1, -0.05) is 49.9 Å². The normalized spacial score (nSPS) is 27.1. The van der Waals surface area contributed by atoms with Gasteiger partial charge in [-0.15, -0.1) is 0 Å². The third-order valence-corrected chi connectivity index (χ3v) is 4.75. The summed E-state index contributed by atoms with van der Waals surface area (Å²) in [6.07, 6.45) is 3.46. The Kier molecular flexibility index (Phi) is 4.75. The van der Waals surface area contributed by atoms with Gasteiger partial charge in [0.05, 0.1) is 10.6 Å². The smallest absolute Gasteiger partial charge is 0.253 e. The van der Waals surface area contributed by atoms with Crippen molar-refractivity contribution in [3.05, 3.63) is 33.8 Å². The van der Waals surface area contributed by atoms with Crippen LogP contribution in [0.4, 0.5) is 0 Å². The number of carbonyl (C=O) groups is 1. The standard InChI is InChI=1S/C15H19Cl2NO/c1-9-4-3-5-14(10(9)2)18-15(19)12-7-6-11(16)8-13(12)17/h6-10,14H,3-5H2,1-2H3,(H,18,19)/t9-,10-,14-/m1/s1. The fourth-order valence-electron chi connectivity index (χ4n) is 2.71. The molecule has 104 valence electrons. The molecule has 0 aliphatic heterocycles. The molecule has 2 rings (SSSR count). The number of nitrogens with one attached hydrogen (secondary N) is 1. The van der Waals surface area contributed by atoms with E-state index >= 15 is 0 Å². The highest BCUT2D eigenvalue weighted by Crippen LogP contribution is 2.30. The SMILES string of the molecule is C[C@@H]1[C@H](C)CCC[C@H]1NC(=O)c1ccc(Cl)cc1Cl. The fraction of sp³-hybridized carbons (Fsp3) is 0.533. The van der Waals surface area contributed by atoms with Gasteiger partial charge in [-0.25, -0.2) is 0 Å². The molecule has 1 amide bonds. The van der Waals surface area contributed by atoms with Crippen molar-refractivity contribution in [1.29, 1.82) is 0 Å². The zero-order valence-electron chi connectivity index (χ0n) is 11.2. The summed E-state index contributed by atoms with van der Waals surface area (Å²) in [5.41, 5.74) is 0.497. The molecule has 0 radical (unpaired) electrons. The Balaban J connectivity index is 2.08. The maximum absolute atomic E-state index is 12.3. The molecule has 0 spiro atoms. The van der Waals surface area contributed by atoms with Crippen molar-refractivity contribution in [3.8, 4) is 0 Å². The van der Waals surface area contributed by atoms with Crippen LogP contribution in [0.1, 0.15) is 43.5 Å². The number of hydrogen-bond donors (Lipinski definition) is 1. The van der Waals surface area contributed by atoms with Crippen LogP contribution < -0.4 is 5.32 Å². The molecule has 0 saturated heterocycles. The number of halogens is 2. The molecule has 1 aliphatic carbocycles. The van der Waals surface area contributed by atoms with E-state index in [4.69, 9.17) is 23.2 Å². The summed E-state index contributed by atoms with van der Waals surface area (Å²) < 4.78 is 0. The monoisotopic (exact) mass is 299 g/mol. The first-order valence-electron chi connectivity index (χ1n) is 6.75. The van der Waals surface area contributed by atoms with Crippen molar-refractivity contribution < 1.29 is 4.79 Å². The second kappa shape index (κ2) is 6.15. The highest BCUT2D eigenvalue weighted by Gasteiger charge is 2.28. The van der Waals surface area contributed by atoms with Crippen LogP contribution in [0.2, 0.25) is 10.0 Å². The van der Waals surface area contributed by atoms with Crippen LogP contribution in [0.5, 0.6) is 0 Å². The largest absolute Gasteiger partial charge is 0.349 e. The van der Waals surface area contributed by atoms with Crippen LogP contribution in [0.15, 0.2) is 18.2 Å². The Hall–Kier alpha value is -0.730. The van der Waals surface area contributed by atoms with Crippen molar-refractivity contribution in [2.24, 2.45) is 11.8 Å². The van der Waals surface area contributed by atoms with Crippen molar-refractivity contribution in [2.75, 3.05) is 0 Å². The average molecular weight is 300 g/mol. The van der Waals surface area contributed by atoms with Crippen LogP contribution >= 0.6 is 23.2 Å². The topological polar surface area (TPSA) is 29.1 Å². The average Bonchev–Trinajstić information content (AvgIpc) is 2.34. The molecule has 1 aromatic carbocycles. The van der Waals surface area contributed by atoms with Gasteiger partial charge in [0.2, 0.25) is 0 Å². The van der Waals surface area contributed by atoms with Crippen molar-refractivity contribution >= 4 is 29.1 Å². The van der Waals surface area contributed by atoms with E-state index in [2.05, 4.69) is 19.2 Å². The Morgan fingerprint density at radius 2 is 2.00 bits per heavy atom. The summed E-state index contributed by atoms with van der Waals surface area (Å²) >= 11 is 11.9. The molecular formula is C15H19Cl2NO. The summed E-state index contributed by atoms with van der Waals surface area (Å²) in [4.78, 5) is 12.3. The van der Waals surface area contributed by atoms with Gasteiger partial charge in [-0.3, -0.25) is 4.79 Å². The van der Waals surface area contributed by atoms with E-state index in [1.54, 1.807) is 18.2 Å². The molecule has 0 heterocycles. The minimum Gasteiger partial charge on any atom is -0.349 e. The summed E-state index contributed by atoms with van der Waals surface area (Å²) in [6, 6.07) is 5.21. The highest BCUT2D eigenvalue weighted by molar-refractivity contribution is 6.36. The Morgan fingerprint density at radius 3 is 2.68 bits per heavy atom. The van der Waals surface area contributed by atoms with Gasteiger partial charge in [0.25, 0.3) is 5.91 Å². The maximum atomic E-state index is 12.3. The summed E-state index contributed by atoms with van der Waals surface area (Å²) in [5.74, 6) is 1.05. The Labute approximate surface area is 124 Å². The maximum Gasteiger partial charge on any atom is 0.253 e. The molecule has 1 fully saturated rings. The van der Waals surface area contributed by atoms with E-state index in [-0.39, 0.29) is 11.9 Å². The number of hydrogen-bond acceptors (Lipinski definition) is 1. The van der Waals surface area contributed by atoms with Gasteiger partial charge in [0, 0.05) is 11.1 Å². The number of benzene rings is 1. The molecule has 0 bridgehead atoms. The van der Waals surface area contributed by atoms with Crippen LogP contribution in [0.3, 0.4) is 0 Å². The highest BCUT2D eigenvalue weighted by atomic mass is 35.5. The predicted octanol–water partition coefficient (Wildman–Crippen LogP) is 4.55.